The van der Waals surface area contributed by atoms with Crippen LogP contribution < -0.4 is 33.2 Å². The smallest absolute Gasteiger partial charge is 0.326 e. The Labute approximate surface area is 282 Å². The number of carbonyl (C=O) groups excluding carboxylic acids is 3. The number of H-pyrrole nitrogens is 2. The topological polar surface area (TPSA) is 247 Å². The van der Waals surface area contributed by atoms with Gasteiger partial charge in [-0.2, -0.15) is 11.8 Å². The van der Waals surface area contributed by atoms with Gasteiger partial charge in [0, 0.05) is 53.6 Å². The second-order valence-corrected chi connectivity index (χ2v) is 12.5. The summed E-state index contributed by atoms with van der Waals surface area (Å²) in [5.74, 6) is -2.51. The molecule has 48 heavy (non-hydrogen) atoms. The van der Waals surface area contributed by atoms with Crippen LogP contribution in [0.2, 0.25) is 0 Å². The third kappa shape index (κ3) is 9.75. The van der Waals surface area contributed by atoms with Crippen LogP contribution in [0.15, 0.2) is 65.9 Å². The molecule has 0 bridgehead atoms. The molecule has 4 rings (SSSR count). The van der Waals surface area contributed by atoms with Crippen LogP contribution in [0.25, 0.3) is 21.8 Å². The number of guanidine groups is 1. The molecule has 15 heteroatoms. The second-order valence-electron chi connectivity index (χ2n) is 11.5. The number of hydrogen-bond donors (Lipinski definition) is 9. The van der Waals surface area contributed by atoms with Gasteiger partial charge in [-0.15, -0.1) is 0 Å². The molecule has 256 valence electrons. The third-order valence-corrected chi connectivity index (χ3v) is 8.64. The molecule has 0 fully saturated rings. The summed E-state index contributed by atoms with van der Waals surface area (Å²) in [6.07, 6.45) is 6.36. The van der Waals surface area contributed by atoms with Crippen LogP contribution in [0.4, 0.5) is 0 Å². The standard InChI is InChI=1S/C33H43N9O5S/c1-48-14-12-23(34)29(43)41-27(15-19-17-38-24-9-4-2-7-21(19)24)31(45)42-28(16-20-18-39-25-10-5-3-8-22(20)25)30(44)40-26(32(46)47)11-6-13-37-33(35)36/h2-5,7-10,17-18,23,26-28,38-39H,6,11-16,34H2,1H3,(H,40,44)(H,41,43)(H,42,45)(H,46,47)(H4,35,36,37). The lowest BCUT2D eigenvalue weighted by molar-refractivity contribution is -0.142. The molecule has 14 nitrogen and oxygen atoms in total. The maximum atomic E-state index is 14.1. The van der Waals surface area contributed by atoms with Gasteiger partial charge in [0.05, 0.1) is 6.04 Å². The molecule has 0 spiro atoms. The Kier molecular flexibility index (Phi) is 12.9. The minimum absolute atomic E-state index is 0.0446. The van der Waals surface area contributed by atoms with Crippen LogP contribution in [0.1, 0.15) is 30.4 Å². The number of aliphatic imine (C=N–C) groups is 1. The van der Waals surface area contributed by atoms with E-state index in [1.807, 2.05) is 54.8 Å². The maximum Gasteiger partial charge on any atom is 0.326 e. The summed E-state index contributed by atoms with van der Waals surface area (Å²) in [6, 6.07) is 10.7. The number of nitrogens with one attached hydrogen (secondary N) is 5. The minimum atomic E-state index is -1.26. The Morgan fingerprint density at radius 3 is 1.79 bits per heavy atom. The number of aromatic nitrogens is 2. The molecule has 4 unspecified atom stereocenters. The van der Waals surface area contributed by atoms with Gasteiger partial charge in [0.1, 0.15) is 18.1 Å². The minimum Gasteiger partial charge on any atom is -0.480 e. The fraction of sp³-hybridized carbons (Fsp3) is 0.364. The van der Waals surface area contributed by atoms with E-state index in [0.717, 1.165) is 32.9 Å². The average Bonchev–Trinajstić information content (AvgIpc) is 3.67. The predicted octanol–water partition coefficient (Wildman–Crippen LogP) is 1.11. The molecule has 0 aliphatic rings. The Morgan fingerprint density at radius 1 is 0.792 bits per heavy atom. The van der Waals surface area contributed by atoms with Crippen molar-refractivity contribution in [2.24, 2.45) is 22.2 Å². The molecular weight excluding hydrogens is 634 g/mol. The Hall–Kier alpha value is -5.02. The first-order chi connectivity index (χ1) is 23.1. The molecular formula is C33H43N9O5S. The van der Waals surface area contributed by atoms with Crippen LogP contribution in [-0.2, 0) is 32.0 Å². The van der Waals surface area contributed by atoms with Crippen LogP contribution in [0, 0.1) is 0 Å². The first kappa shape index (κ1) is 35.8. The summed E-state index contributed by atoms with van der Waals surface area (Å²) in [5.41, 5.74) is 20.1. The number of hydrogen-bond acceptors (Lipinski definition) is 7. The van der Waals surface area contributed by atoms with Crippen molar-refractivity contribution in [1.82, 2.24) is 25.9 Å². The fourth-order valence-corrected chi connectivity index (χ4v) is 5.91. The van der Waals surface area contributed by atoms with E-state index in [4.69, 9.17) is 17.2 Å². The monoisotopic (exact) mass is 677 g/mol. The van der Waals surface area contributed by atoms with E-state index in [9.17, 15) is 24.3 Å². The van der Waals surface area contributed by atoms with E-state index in [1.165, 1.54) is 0 Å². The lowest BCUT2D eigenvalue weighted by Gasteiger charge is -2.25. The number of carboxylic acid groups (broad SMARTS) is 1. The van der Waals surface area contributed by atoms with Crippen LogP contribution >= 0.6 is 11.8 Å². The van der Waals surface area contributed by atoms with E-state index < -0.39 is 47.9 Å². The number of carbonyl (C=O) groups is 4. The Bertz CT molecular complexity index is 1750. The highest BCUT2D eigenvalue weighted by atomic mass is 32.2. The second kappa shape index (κ2) is 17.2. The molecule has 12 N–H and O–H groups in total. The first-order valence-electron chi connectivity index (χ1n) is 15.6. The van der Waals surface area contributed by atoms with Gasteiger partial charge in [-0.1, -0.05) is 36.4 Å². The molecule has 3 amide bonds. The average molecular weight is 678 g/mol. The van der Waals surface area contributed by atoms with Gasteiger partial charge in [0.2, 0.25) is 17.7 Å². The number of rotatable bonds is 18. The number of benzene rings is 2. The van der Waals surface area contributed by atoms with Crippen LogP contribution in [-0.4, -0.2) is 87.4 Å². The summed E-state index contributed by atoms with van der Waals surface area (Å²) < 4.78 is 0. The summed E-state index contributed by atoms with van der Waals surface area (Å²) in [7, 11) is 0. The highest BCUT2D eigenvalue weighted by Crippen LogP contribution is 2.21. The number of para-hydroxylation sites is 2. The SMILES string of the molecule is CSCCC(N)C(=O)NC(Cc1c[nH]c2ccccc12)C(=O)NC(Cc1c[nH]c2ccccc12)C(=O)NC(CCCN=C(N)N)C(=O)O. The maximum absolute atomic E-state index is 14.1. The van der Waals surface area contributed by atoms with Crippen molar-refractivity contribution in [3.63, 3.8) is 0 Å². The number of aliphatic carboxylic acids is 1. The molecule has 0 aliphatic heterocycles. The van der Waals surface area contributed by atoms with E-state index in [1.54, 1.807) is 24.2 Å². The predicted molar refractivity (Wildman–Crippen MR) is 188 cm³/mol. The van der Waals surface area contributed by atoms with E-state index >= 15 is 0 Å². The van der Waals surface area contributed by atoms with Gasteiger partial charge in [-0.25, -0.2) is 4.79 Å². The normalized spacial score (nSPS) is 13.7. The first-order valence-corrected chi connectivity index (χ1v) is 17.0. The summed E-state index contributed by atoms with van der Waals surface area (Å²) in [6.45, 7) is 0.186. The van der Waals surface area contributed by atoms with Gasteiger partial charge in [-0.05, 0) is 54.5 Å². The molecule has 2 aromatic heterocycles. The molecule has 2 heterocycles. The van der Waals surface area contributed by atoms with Crippen LogP contribution in [0.5, 0.6) is 0 Å². The lowest BCUT2D eigenvalue weighted by atomic mass is 10.0. The Balaban J connectivity index is 1.61. The van der Waals surface area contributed by atoms with E-state index in [-0.39, 0.29) is 31.8 Å². The number of aromatic amines is 2. The van der Waals surface area contributed by atoms with Crippen molar-refractivity contribution < 1.29 is 24.3 Å². The van der Waals surface area contributed by atoms with Gasteiger partial charge < -0.3 is 48.2 Å². The van der Waals surface area contributed by atoms with Gasteiger partial charge >= 0.3 is 5.97 Å². The highest BCUT2D eigenvalue weighted by Gasteiger charge is 2.31. The molecule has 2 aromatic carbocycles. The number of carboxylic acids is 1. The highest BCUT2D eigenvalue weighted by molar-refractivity contribution is 7.98. The zero-order valence-corrected chi connectivity index (χ0v) is 27.5. The fourth-order valence-electron chi connectivity index (χ4n) is 5.42. The zero-order valence-electron chi connectivity index (χ0n) is 26.7. The number of fused-ring (bicyclic) bond motifs is 2. The Morgan fingerprint density at radius 2 is 1.29 bits per heavy atom. The zero-order chi connectivity index (χ0) is 34.6. The molecule has 4 aromatic rings. The van der Waals surface area contributed by atoms with E-state index in [0.29, 0.717) is 18.6 Å². The van der Waals surface area contributed by atoms with Crippen molar-refractivity contribution in [3.8, 4) is 0 Å². The molecule has 0 saturated heterocycles. The summed E-state index contributed by atoms with van der Waals surface area (Å²) in [5, 5.41) is 19.8. The number of nitrogens with two attached hydrogens (primary N) is 3. The van der Waals surface area contributed by atoms with Gasteiger partial charge in [0.15, 0.2) is 5.96 Å². The molecule has 0 aliphatic carbocycles. The quantitative estimate of drug-likeness (QED) is 0.0415. The largest absolute Gasteiger partial charge is 0.480 e. The van der Waals surface area contributed by atoms with Gasteiger partial charge in [-0.3, -0.25) is 19.4 Å². The van der Waals surface area contributed by atoms with Crippen molar-refractivity contribution in [3.05, 3.63) is 72.1 Å². The number of amides is 3. The number of nitrogens with zero attached hydrogens (tertiary/aromatic N) is 1. The van der Waals surface area contributed by atoms with Gasteiger partial charge in [0.25, 0.3) is 0 Å². The van der Waals surface area contributed by atoms with Crippen molar-refractivity contribution in [1.29, 1.82) is 0 Å². The van der Waals surface area contributed by atoms with Crippen molar-refractivity contribution in [2.75, 3.05) is 18.6 Å². The summed E-state index contributed by atoms with van der Waals surface area (Å²) >= 11 is 1.56. The molecule has 0 saturated carbocycles. The summed E-state index contributed by atoms with van der Waals surface area (Å²) in [4.78, 5) is 63.3. The molecule has 4 atom stereocenters. The van der Waals surface area contributed by atoms with Crippen molar-refractivity contribution >= 4 is 63.2 Å². The van der Waals surface area contributed by atoms with Crippen LogP contribution in [0.3, 0.4) is 0 Å². The third-order valence-electron chi connectivity index (χ3n) is 7.99. The number of thioether (sulfide) groups is 1. The molecule has 0 radical (unpaired) electrons. The van der Waals surface area contributed by atoms with Crippen molar-refractivity contribution in [2.45, 2.75) is 56.3 Å². The van der Waals surface area contributed by atoms with E-state index in [2.05, 4.69) is 30.9 Å². The lowest BCUT2D eigenvalue weighted by Crippen LogP contribution is -2.58.